The highest BCUT2D eigenvalue weighted by Crippen LogP contribution is 2.40. The van der Waals surface area contributed by atoms with Gasteiger partial charge in [-0.3, -0.25) is 9.59 Å². The summed E-state index contributed by atoms with van der Waals surface area (Å²) >= 11 is 5.95. The van der Waals surface area contributed by atoms with E-state index in [1.54, 1.807) is 36.4 Å². The molecule has 5 nitrogen and oxygen atoms in total. The first-order chi connectivity index (χ1) is 12.0. The fourth-order valence-corrected chi connectivity index (χ4v) is 2.82. The van der Waals surface area contributed by atoms with Crippen LogP contribution < -0.4 is 10.6 Å². The van der Waals surface area contributed by atoms with E-state index in [2.05, 4.69) is 10.6 Å². The number of benzene rings is 2. The molecule has 0 aliphatic heterocycles. The molecule has 2 amide bonds. The summed E-state index contributed by atoms with van der Waals surface area (Å²) < 4.78 is 0. The van der Waals surface area contributed by atoms with E-state index in [1.807, 2.05) is 19.1 Å². The maximum atomic E-state index is 12.3. The fraction of sp³-hybridized carbons (Fsp3) is 0.211. The molecule has 0 heterocycles. The Bertz CT molecular complexity index is 888. The van der Waals surface area contributed by atoms with Gasteiger partial charge in [0.2, 0.25) is 11.8 Å². The van der Waals surface area contributed by atoms with Crippen molar-refractivity contribution in [3.8, 4) is 6.07 Å². The second-order valence-electron chi connectivity index (χ2n) is 6.04. The lowest BCUT2D eigenvalue weighted by Crippen LogP contribution is -2.21. The summed E-state index contributed by atoms with van der Waals surface area (Å²) in [5.41, 5.74) is 2.42. The molecular formula is C19H16ClN3O2. The number of anilines is 2. The van der Waals surface area contributed by atoms with Gasteiger partial charge in [0.15, 0.2) is 0 Å². The van der Waals surface area contributed by atoms with E-state index >= 15 is 0 Å². The number of nitrogens with zero attached hydrogens (tertiary/aromatic N) is 1. The summed E-state index contributed by atoms with van der Waals surface area (Å²) in [4.78, 5) is 24.7. The highest BCUT2D eigenvalue weighted by molar-refractivity contribution is 6.31. The molecule has 1 fully saturated rings. The third-order valence-electron chi connectivity index (χ3n) is 4.23. The van der Waals surface area contributed by atoms with E-state index in [-0.39, 0.29) is 23.7 Å². The van der Waals surface area contributed by atoms with Crippen LogP contribution in [0.25, 0.3) is 0 Å². The third-order valence-corrected chi connectivity index (χ3v) is 4.46. The largest absolute Gasteiger partial charge is 0.326 e. The first-order valence-electron chi connectivity index (χ1n) is 7.86. The minimum absolute atomic E-state index is 0.195. The van der Waals surface area contributed by atoms with Gasteiger partial charge in [0.1, 0.15) is 6.07 Å². The molecule has 1 saturated carbocycles. The monoisotopic (exact) mass is 353 g/mol. The van der Waals surface area contributed by atoms with Gasteiger partial charge in [-0.2, -0.15) is 5.26 Å². The molecule has 0 bridgehead atoms. The number of rotatable bonds is 4. The van der Waals surface area contributed by atoms with Gasteiger partial charge in [-0.25, -0.2) is 0 Å². The summed E-state index contributed by atoms with van der Waals surface area (Å²) in [6, 6.07) is 14.1. The molecule has 25 heavy (non-hydrogen) atoms. The minimum Gasteiger partial charge on any atom is -0.326 e. The Morgan fingerprint density at radius 3 is 2.40 bits per heavy atom. The van der Waals surface area contributed by atoms with Gasteiger partial charge in [0.25, 0.3) is 0 Å². The number of hydrogen-bond donors (Lipinski definition) is 2. The van der Waals surface area contributed by atoms with Crippen LogP contribution in [0.4, 0.5) is 11.4 Å². The Kier molecular flexibility index (Phi) is 4.73. The first-order valence-corrected chi connectivity index (χ1v) is 8.24. The third kappa shape index (κ3) is 3.81. The molecule has 0 saturated heterocycles. The molecule has 1 aliphatic rings. The van der Waals surface area contributed by atoms with Crippen LogP contribution in [0.2, 0.25) is 5.02 Å². The van der Waals surface area contributed by atoms with Crippen molar-refractivity contribution in [2.75, 3.05) is 10.6 Å². The Morgan fingerprint density at radius 2 is 1.72 bits per heavy atom. The number of hydrogen-bond acceptors (Lipinski definition) is 3. The molecule has 0 radical (unpaired) electrons. The SMILES string of the molecule is Cc1ccc(Cl)cc1NC(=O)C1CC1C(=O)Nc1ccccc1C#N. The van der Waals surface area contributed by atoms with E-state index in [4.69, 9.17) is 16.9 Å². The molecule has 2 unspecified atom stereocenters. The molecule has 3 rings (SSSR count). The Labute approximate surface area is 150 Å². The molecule has 126 valence electrons. The van der Waals surface area contributed by atoms with Crippen molar-refractivity contribution < 1.29 is 9.59 Å². The van der Waals surface area contributed by atoms with Crippen molar-refractivity contribution in [3.63, 3.8) is 0 Å². The number of nitriles is 1. The van der Waals surface area contributed by atoms with Gasteiger partial charge in [0.05, 0.1) is 23.1 Å². The molecule has 0 aromatic heterocycles. The standard InChI is InChI=1S/C19H16ClN3O2/c1-11-6-7-13(20)8-17(11)23-19(25)15-9-14(15)18(24)22-16-5-3-2-4-12(16)10-21/h2-8,14-15H,9H2,1H3,(H,22,24)(H,23,25). The fourth-order valence-electron chi connectivity index (χ4n) is 2.64. The van der Waals surface area contributed by atoms with Gasteiger partial charge in [-0.1, -0.05) is 29.8 Å². The quantitative estimate of drug-likeness (QED) is 0.878. The van der Waals surface area contributed by atoms with E-state index in [9.17, 15) is 9.59 Å². The number of nitrogens with one attached hydrogen (secondary N) is 2. The zero-order valence-corrected chi connectivity index (χ0v) is 14.3. The van der Waals surface area contributed by atoms with Crippen molar-refractivity contribution in [2.45, 2.75) is 13.3 Å². The molecule has 0 spiro atoms. The van der Waals surface area contributed by atoms with Crippen molar-refractivity contribution in [1.82, 2.24) is 0 Å². The highest BCUT2D eigenvalue weighted by Gasteiger charge is 2.48. The summed E-state index contributed by atoms with van der Waals surface area (Å²) in [6.07, 6.45) is 0.492. The van der Waals surface area contributed by atoms with Crippen molar-refractivity contribution in [1.29, 1.82) is 5.26 Å². The lowest BCUT2D eigenvalue weighted by molar-refractivity contribution is -0.122. The van der Waals surface area contributed by atoms with Crippen LogP contribution >= 0.6 is 11.6 Å². The van der Waals surface area contributed by atoms with Crippen LogP contribution in [0.3, 0.4) is 0 Å². The Morgan fingerprint density at radius 1 is 1.08 bits per heavy atom. The van der Waals surface area contributed by atoms with Gasteiger partial charge in [-0.05, 0) is 43.2 Å². The maximum absolute atomic E-state index is 12.3. The first kappa shape index (κ1) is 17.0. The zero-order valence-electron chi connectivity index (χ0n) is 13.5. The number of para-hydroxylation sites is 1. The Hall–Kier alpha value is -2.84. The molecule has 6 heteroatoms. The van der Waals surface area contributed by atoms with Crippen LogP contribution in [-0.2, 0) is 9.59 Å². The number of carbonyl (C=O) groups excluding carboxylic acids is 2. The molecule has 2 N–H and O–H groups in total. The summed E-state index contributed by atoms with van der Waals surface area (Å²) in [7, 11) is 0. The van der Waals surface area contributed by atoms with Crippen LogP contribution in [0, 0.1) is 30.1 Å². The number of carbonyl (C=O) groups is 2. The number of aryl methyl sites for hydroxylation is 1. The molecule has 2 atom stereocenters. The normalized spacial score (nSPS) is 18.1. The topological polar surface area (TPSA) is 82.0 Å². The summed E-state index contributed by atoms with van der Waals surface area (Å²) in [6.45, 7) is 1.88. The van der Waals surface area contributed by atoms with Gasteiger partial charge in [0, 0.05) is 10.7 Å². The lowest BCUT2D eigenvalue weighted by Gasteiger charge is -2.09. The van der Waals surface area contributed by atoms with E-state index in [0.717, 1.165) is 5.56 Å². The Balaban J connectivity index is 1.62. The van der Waals surface area contributed by atoms with Gasteiger partial charge >= 0.3 is 0 Å². The predicted molar refractivity (Wildman–Crippen MR) is 96.2 cm³/mol. The molecule has 2 aromatic rings. The average molecular weight is 354 g/mol. The second-order valence-corrected chi connectivity index (χ2v) is 6.48. The highest BCUT2D eigenvalue weighted by atomic mass is 35.5. The van der Waals surface area contributed by atoms with E-state index < -0.39 is 0 Å². The number of amides is 2. The smallest absolute Gasteiger partial charge is 0.228 e. The molecule has 1 aliphatic carbocycles. The lowest BCUT2D eigenvalue weighted by atomic mass is 10.1. The van der Waals surface area contributed by atoms with Crippen LogP contribution in [0.5, 0.6) is 0 Å². The van der Waals surface area contributed by atoms with E-state index in [1.165, 1.54) is 0 Å². The zero-order chi connectivity index (χ0) is 18.0. The summed E-state index contributed by atoms with van der Waals surface area (Å²) in [5.74, 6) is -1.19. The van der Waals surface area contributed by atoms with E-state index in [0.29, 0.717) is 28.4 Å². The van der Waals surface area contributed by atoms with Crippen molar-refractivity contribution in [2.24, 2.45) is 11.8 Å². The van der Waals surface area contributed by atoms with Crippen molar-refractivity contribution >= 4 is 34.8 Å². The second kappa shape index (κ2) is 6.96. The average Bonchev–Trinajstić information content (AvgIpc) is 3.39. The molecular weight excluding hydrogens is 338 g/mol. The maximum Gasteiger partial charge on any atom is 0.228 e. The van der Waals surface area contributed by atoms with Gasteiger partial charge in [-0.15, -0.1) is 0 Å². The van der Waals surface area contributed by atoms with Crippen LogP contribution in [-0.4, -0.2) is 11.8 Å². The van der Waals surface area contributed by atoms with Crippen LogP contribution in [0.15, 0.2) is 42.5 Å². The summed E-state index contributed by atoms with van der Waals surface area (Å²) in [5, 5.41) is 15.2. The van der Waals surface area contributed by atoms with Crippen molar-refractivity contribution in [3.05, 3.63) is 58.6 Å². The number of halogens is 1. The van der Waals surface area contributed by atoms with Crippen LogP contribution in [0.1, 0.15) is 17.5 Å². The predicted octanol–water partition coefficient (Wildman–Crippen LogP) is 3.73. The molecule has 2 aromatic carbocycles. The van der Waals surface area contributed by atoms with Gasteiger partial charge < -0.3 is 10.6 Å². The minimum atomic E-state index is -0.383.